The van der Waals surface area contributed by atoms with Crippen molar-refractivity contribution in [3.8, 4) is 0 Å². The van der Waals surface area contributed by atoms with E-state index in [1.165, 1.54) is 37.8 Å². The lowest BCUT2D eigenvalue weighted by Gasteiger charge is -2.21. The maximum Gasteiger partial charge on any atom is 0.191 e. The number of benzene rings is 1. The van der Waals surface area contributed by atoms with Crippen molar-refractivity contribution in [2.24, 2.45) is 10.7 Å². The van der Waals surface area contributed by atoms with Crippen LogP contribution in [0.5, 0.6) is 0 Å². The number of nitrogens with two attached hydrogens (primary N) is 1. The van der Waals surface area contributed by atoms with E-state index in [1.54, 1.807) is 12.1 Å². The highest BCUT2D eigenvalue weighted by Gasteiger charge is 2.10. The summed E-state index contributed by atoms with van der Waals surface area (Å²) in [6.07, 6.45) is 4.93. The standard InChI is InChI=1S/C14H20FN3.HI/c15-13-7-5-12(6-8-13)11-17-14(16)18-9-3-1-2-4-10-18;/h5-8H,1-4,9-11H2,(H2,16,17);1H. The third-order valence-electron chi connectivity index (χ3n) is 3.27. The van der Waals surface area contributed by atoms with Crippen LogP contribution in [0.25, 0.3) is 0 Å². The predicted octanol–water partition coefficient (Wildman–Crippen LogP) is 3.13. The Balaban J connectivity index is 0.00000180. The molecule has 0 aliphatic carbocycles. The topological polar surface area (TPSA) is 41.6 Å². The Morgan fingerprint density at radius 1 is 1.11 bits per heavy atom. The van der Waals surface area contributed by atoms with Crippen LogP contribution in [-0.4, -0.2) is 23.9 Å². The molecule has 106 valence electrons. The van der Waals surface area contributed by atoms with Crippen molar-refractivity contribution in [3.63, 3.8) is 0 Å². The number of guanidine groups is 1. The highest BCUT2D eigenvalue weighted by molar-refractivity contribution is 14.0. The first-order valence-electron chi connectivity index (χ1n) is 6.55. The molecule has 0 aromatic heterocycles. The Labute approximate surface area is 131 Å². The highest BCUT2D eigenvalue weighted by atomic mass is 127. The minimum Gasteiger partial charge on any atom is -0.370 e. The van der Waals surface area contributed by atoms with E-state index < -0.39 is 0 Å². The minimum atomic E-state index is -0.219. The molecule has 3 nitrogen and oxygen atoms in total. The summed E-state index contributed by atoms with van der Waals surface area (Å²) < 4.78 is 12.8. The summed E-state index contributed by atoms with van der Waals surface area (Å²) in [5.41, 5.74) is 6.98. The molecule has 5 heteroatoms. The third kappa shape index (κ3) is 5.34. The maximum absolute atomic E-state index is 12.8. The van der Waals surface area contributed by atoms with E-state index in [4.69, 9.17) is 5.73 Å². The van der Waals surface area contributed by atoms with Gasteiger partial charge in [0, 0.05) is 13.1 Å². The summed E-state index contributed by atoms with van der Waals surface area (Å²) in [5.74, 6) is 0.393. The first-order valence-corrected chi connectivity index (χ1v) is 6.55. The van der Waals surface area contributed by atoms with Crippen LogP contribution in [-0.2, 0) is 6.54 Å². The van der Waals surface area contributed by atoms with Gasteiger partial charge in [-0.2, -0.15) is 0 Å². The first-order chi connectivity index (χ1) is 8.75. The van der Waals surface area contributed by atoms with E-state index in [0.717, 1.165) is 18.7 Å². The minimum absolute atomic E-state index is 0. The van der Waals surface area contributed by atoms with Crippen molar-refractivity contribution in [1.82, 2.24) is 4.90 Å². The smallest absolute Gasteiger partial charge is 0.191 e. The van der Waals surface area contributed by atoms with Gasteiger partial charge in [-0.1, -0.05) is 25.0 Å². The fourth-order valence-corrected chi connectivity index (χ4v) is 2.16. The van der Waals surface area contributed by atoms with Gasteiger partial charge in [0.25, 0.3) is 0 Å². The molecule has 1 heterocycles. The van der Waals surface area contributed by atoms with Crippen LogP contribution in [0.3, 0.4) is 0 Å². The average Bonchev–Trinajstić information content (AvgIpc) is 2.66. The normalized spacial score (nSPS) is 16.7. The zero-order chi connectivity index (χ0) is 12.8. The number of hydrogen-bond donors (Lipinski definition) is 1. The molecule has 1 saturated heterocycles. The van der Waals surface area contributed by atoms with Crippen molar-refractivity contribution in [2.45, 2.75) is 32.2 Å². The van der Waals surface area contributed by atoms with E-state index in [2.05, 4.69) is 9.89 Å². The number of aliphatic imine (C=N–C) groups is 1. The van der Waals surface area contributed by atoms with Gasteiger partial charge in [0.05, 0.1) is 6.54 Å². The second kappa shape index (κ2) is 8.35. The fourth-order valence-electron chi connectivity index (χ4n) is 2.16. The van der Waals surface area contributed by atoms with Gasteiger partial charge in [-0.3, -0.25) is 0 Å². The Bertz CT molecular complexity index is 398. The van der Waals surface area contributed by atoms with E-state index >= 15 is 0 Å². The van der Waals surface area contributed by atoms with Gasteiger partial charge in [-0.15, -0.1) is 24.0 Å². The monoisotopic (exact) mass is 377 g/mol. The van der Waals surface area contributed by atoms with Gasteiger partial charge in [0.2, 0.25) is 0 Å². The van der Waals surface area contributed by atoms with Gasteiger partial charge in [0.1, 0.15) is 5.82 Å². The molecule has 0 amide bonds. The predicted molar refractivity (Wildman–Crippen MR) is 87.2 cm³/mol. The Hall–Kier alpha value is -0.850. The molecular formula is C14H21FIN3. The van der Waals surface area contributed by atoms with Crippen molar-refractivity contribution in [2.75, 3.05) is 13.1 Å². The Morgan fingerprint density at radius 2 is 1.68 bits per heavy atom. The molecule has 2 rings (SSSR count). The molecule has 0 radical (unpaired) electrons. The van der Waals surface area contributed by atoms with Gasteiger partial charge in [-0.05, 0) is 30.5 Å². The first kappa shape index (κ1) is 16.2. The summed E-state index contributed by atoms with van der Waals surface area (Å²) in [6, 6.07) is 6.39. The molecule has 0 bridgehead atoms. The highest BCUT2D eigenvalue weighted by Crippen LogP contribution is 2.10. The second-order valence-corrected chi connectivity index (χ2v) is 4.70. The van der Waals surface area contributed by atoms with E-state index in [9.17, 15) is 4.39 Å². The van der Waals surface area contributed by atoms with Crippen LogP contribution in [0.1, 0.15) is 31.2 Å². The van der Waals surface area contributed by atoms with E-state index in [0.29, 0.717) is 12.5 Å². The number of nitrogens with zero attached hydrogens (tertiary/aromatic N) is 2. The summed E-state index contributed by atoms with van der Waals surface area (Å²) in [5, 5.41) is 0. The van der Waals surface area contributed by atoms with Crippen LogP contribution < -0.4 is 5.73 Å². The Morgan fingerprint density at radius 3 is 2.26 bits per heavy atom. The number of hydrogen-bond acceptors (Lipinski definition) is 1. The molecule has 1 aliphatic rings. The van der Waals surface area contributed by atoms with Crippen molar-refractivity contribution in [3.05, 3.63) is 35.6 Å². The molecule has 1 aliphatic heterocycles. The lowest BCUT2D eigenvalue weighted by molar-refractivity contribution is 0.428. The molecule has 2 N–H and O–H groups in total. The summed E-state index contributed by atoms with van der Waals surface area (Å²) in [6.45, 7) is 2.51. The Kier molecular flexibility index (Phi) is 7.12. The quantitative estimate of drug-likeness (QED) is 0.489. The summed E-state index contributed by atoms with van der Waals surface area (Å²) in [4.78, 5) is 6.54. The van der Waals surface area contributed by atoms with Crippen molar-refractivity contribution < 1.29 is 4.39 Å². The van der Waals surface area contributed by atoms with Crippen LogP contribution in [0, 0.1) is 5.82 Å². The molecule has 0 unspecified atom stereocenters. The lowest BCUT2D eigenvalue weighted by atomic mass is 10.2. The number of halogens is 2. The van der Waals surface area contributed by atoms with Gasteiger partial charge >= 0.3 is 0 Å². The molecule has 0 atom stereocenters. The third-order valence-corrected chi connectivity index (χ3v) is 3.27. The number of likely N-dealkylation sites (tertiary alicyclic amines) is 1. The summed E-state index contributed by atoms with van der Waals surface area (Å²) >= 11 is 0. The molecule has 1 fully saturated rings. The second-order valence-electron chi connectivity index (χ2n) is 4.70. The molecule has 1 aromatic carbocycles. The van der Waals surface area contributed by atoms with Crippen molar-refractivity contribution >= 4 is 29.9 Å². The zero-order valence-electron chi connectivity index (χ0n) is 11.0. The van der Waals surface area contributed by atoms with Crippen LogP contribution >= 0.6 is 24.0 Å². The van der Waals surface area contributed by atoms with Crippen LogP contribution in [0.15, 0.2) is 29.3 Å². The molecular weight excluding hydrogens is 356 g/mol. The largest absolute Gasteiger partial charge is 0.370 e. The van der Waals surface area contributed by atoms with Crippen molar-refractivity contribution in [1.29, 1.82) is 0 Å². The van der Waals surface area contributed by atoms with Gasteiger partial charge < -0.3 is 10.6 Å². The average molecular weight is 377 g/mol. The van der Waals surface area contributed by atoms with E-state index in [1.807, 2.05) is 0 Å². The SMILES string of the molecule is I.NC(=NCc1ccc(F)cc1)N1CCCCCC1. The van der Waals surface area contributed by atoms with Crippen LogP contribution in [0.4, 0.5) is 4.39 Å². The lowest BCUT2D eigenvalue weighted by Crippen LogP contribution is -2.38. The molecule has 0 spiro atoms. The molecule has 0 saturated carbocycles. The summed E-state index contributed by atoms with van der Waals surface area (Å²) in [7, 11) is 0. The van der Waals surface area contributed by atoms with Crippen LogP contribution in [0.2, 0.25) is 0 Å². The molecule has 1 aromatic rings. The van der Waals surface area contributed by atoms with E-state index in [-0.39, 0.29) is 29.8 Å². The fraction of sp³-hybridized carbons (Fsp3) is 0.500. The molecule has 19 heavy (non-hydrogen) atoms. The number of rotatable bonds is 2. The van der Waals surface area contributed by atoms with Gasteiger partial charge in [-0.25, -0.2) is 9.38 Å². The zero-order valence-corrected chi connectivity index (χ0v) is 13.3. The maximum atomic E-state index is 12.8. The van der Waals surface area contributed by atoms with Gasteiger partial charge in [0.15, 0.2) is 5.96 Å².